The van der Waals surface area contributed by atoms with Crippen LogP contribution in [0.2, 0.25) is 0 Å². The third-order valence-electron chi connectivity index (χ3n) is 2.72. The molecule has 2 rings (SSSR count). The van der Waals surface area contributed by atoms with E-state index in [1.54, 1.807) is 0 Å². The maximum atomic E-state index is 11.1. The van der Waals surface area contributed by atoms with E-state index in [1.807, 2.05) is 19.2 Å². The minimum atomic E-state index is 0.112. The summed E-state index contributed by atoms with van der Waals surface area (Å²) in [5, 5.41) is 4.13. The Morgan fingerprint density at radius 3 is 3.06 bits per heavy atom. The van der Waals surface area contributed by atoms with Crippen LogP contribution in [0.3, 0.4) is 0 Å². The monoisotopic (exact) mass is 216 g/mol. The third kappa shape index (κ3) is 2.24. The number of aromatic amines is 1. The Morgan fingerprint density at radius 2 is 2.25 bits per heavy atom. The van der Waals surface area contributed by atoms with Gasteiger partial charge in [-0.05, 0) is 24.1 Å². The van der Waals surface area contributed by atoms with Crippen molar-refractivity contribution in [1.29, 1.82) is 0 Å². The van der Waals surface area contributed by atoms with Crippen molar-refractivity contribution in [2.45, 2.75) is 19.8 Å². The van der Waals surface area contributed by atoms with E-state index in [0.29, 0.717) is 13.0 Å². The molecule has 0 unspecified atom stereocenters. The highest BCUT2D eigenvalue weighted by Crippen LogP contribution is 2.17. The lowest BCUT2D eigenvalue weighted by Gasteiger charge is -2.05. The second-order valence-electron chi connectivity index (χ2n) is 3.81. The molecule has 3 heteroatoms. The van der Waals surface area contributed by atoms with Gasteiger partial charge in [-0.15, -0.1) is 0 Å². The highest BCUT2D eigenvalue weighted by Gasteiger charge is 2.02. The molecule has 0 atom stereocenters. The number of hydrogen-bond donors (Lipinski definition) is 2. The van der Waals surface area contributed by atoms with Gasteiger partial charge in [0, 0.05) is 30.1 Å². The van der Waals surface area contributed by atoms with Crippen LogP contribution in [0.4, 0.5) is 0 Å². The molecule has 0 aliphatic heterocycles. The van der Waals surface area contributed by atoms with Gasteiger partial charge < -0.3 is 10.3 Å². The predicted molar refractivity (Wildman–Crippen MR) is 65.3 cm³/mol. The Labute approximate surface area is 94.9 Å². The molecule has 0 saturated carbocycles. The molecule has 0 fully saturated rings. The quantitative estimate of drug-likeness (QED) is 0.808. The van der Waals surface area contributed by atoms with Crippen LogP contribution in [0.5, 0.6) is 0 Å². The van der Waals surface area contributed by atoms with E-state index in [2.05, 4.69) is 28.5 Å². The van der Waals surface area contributed by atoms with Gasteiger partial charge in [-0.2, -0.15) is 0 Å². The lowest BCUT2D eigenvalue weighted by Crippen LogP contribution is -2.24. The molecule has 0 saturated heterocycles. The zero-order chi connectivity index (χ0) is 11.4. The smallest absolute Gasteiger partial charge is 0.219 e. The van der Waals surface area contributed by atoms with Crippen LogP contribution in [0.25, 0.3) is 10.9 Å². The van der Waals surface area contributed by atoms with Gasteiger partial charge in [0.25, 0.3) is 0 Å². The molecule has 1 amide bonds. The first kappa shape index (κ1) is 10.7. The Kier molecular flexibility index (Phi) is 3.25. The molecule has 3 nitrogen and oxygen atoms in total. The van der Waals surface area contributed by atoms with E-state index < -0.39 is 0 Å². The van der Waals surface area contributed by atoms with Crippen molar-refractivity contribution in [2.24, 2.45) is 0 Å². The van der Waals surface area contributed by atoms with Gasteiger partial charge in [0.05, 0.1) is 0 Å². The first-order chi connectivity index (χ1) is 7.81. The summed E-state index contributed by atoms with van der Waals surface area (Å²) in [6, 6.07) is 8.28. The molecule has 0 aliphatic carbocycles. The molecule has 2 aromatic rings. The van der Waals surface area contributed by atoms with Crippen molar-refractivity contribution in [3.05, 3.63) is 36.0 Å². The summed E-state index contributed by atoms with van der Waals surface area (Å²) in [4.78, 5) is 14.3. The first-order valence-corrected chi connectivity index (χ1v) is 5.63. The molecule has 84 valence electrons. The van der Waals surface area contributed by atoms with Crippen molar-refractivity contribution in [2.75, 3.05) is 6.54 Å². The van der Waals surface area contributed by atoms with Crippen LogP contribution < -0.4 is 5.32 Å². The minimum absolute atomic E-state index is 0.112. The Hall–Kier alpha value is -1.77. The Bertz CT molecular complexity index is 487. The zero-order valence-electron chi connectivity index (χ0n) is 9.42. The largest absolute Gasteiger partial charge is 0.361 e. The summed E-state index contributed by atoms with van der Waals surface area (Å²) in [6.07, 6.45) is 3.37. The second kappa shape index (κ2) is 4.84. The van der Waals surface area contributed by atoms with Crippen LogP contribution in [-0.2, 0) is 11.2 Å². The summed E-state index contributed by atoms with van der Waals surface area (Å²) in [6.45, 7) is 2.57. The summed E-state index contributed by atoms with van der Waals surface area (Å²) >= 11 is 0. The maximum Gasteiger partial charge on any atom is 0.219 e. The fourth-order valence-corrected chi connectivity index (χ4v) is 1.83. The van der Waals surface area contributed by atoms with Crippen molar-refractivity contribution in [3.63, 3.8) is 0 Å². The minimum Gasteiger partial charge on any atom is -0.361 e. The molecule has 0 aliphatic rings. The second-order valence-corrected chi connectivity index (χ2v) is 3.81. The molecule has 0 radical (unpaired) electrons. The fourth-order valence-electron chi connectivity index (χ4n) is 1.83. The molecule has 16 heavy (non-hydrogen) atoms. The molecule has 2 N–H and O–H groups in total. The molecule has 1 heterocycles. The van der Waals surface area contributed by atoms with E-state index >= 15 is 0 Å². The molecular weight excluding hydrogens is 200 g/mol. The Morgan fingerprint density at radius 1 is 1.38 bits per heavy atom. The van der Waals surface area contributed by atoms with Gasteiger partial charge in [-0.25, -0.2) is 0 Å². The SMILES string of the molecule is CCC(=O)NCCc1cccc2[nH]ccc12. The van der Waals surface area contributed by atoms with Gasteiger partial charge in [0.1, 0.15) is 0 Å². The van der Waals surface area contributed by atoms with Gasteiger partial charge >= 0.3 is 0 Å². The number of benzene rings is 1. The number of carbonyl (C=O) groups excluding carboxylic acids is 1. The normalized spacial score (nSPS) is 10.6. The Balaban J connectivity index is 2.04. The number of amides is 1. The molecule has 1 aromatic heterocycles. The van der Waals surface area contributed by atoms with Crippen LogP contribution in [-0.4, -0.2) is 17.4 Å². The van der Waals surface area contributed by atoms with Crippen molar-refractivity contribution in [1.82, 2.24) is 10.3 Å². The van der Waals surface area contributed by atoms with Gasteiger partial charge in [0.15, 0.2) is 0 Å². The summed E-state index contributed by atoms with van der Waals surface area (Å²) in [5.74, 6) is 0.112. The number of rotatable bonds is 4. The summed E-state index contributed by atoms with van der Waals surface area (Å²) < 4.78 is 0. The van der Waals surface area contributed by atoms with E-state index in [0.717, 1.165) is 11.9 Å². The molecule has 1 aromatic carbocycles. The highest BCUT2D eigenvalue weighted by atomic mass is 16.1. The van der Waals surface area contributed by atoms with Gasteiger partial charge in [-0.3, -0.25) is 4.79 Å². The third-order valence-corrected chi connectivity index (χ3v) is 2.72. The average Bonchev–Trinajstić information content (AvgIpc) is 2.77. The number of hydrogen-bond acceptors (Lipinski definition) is 1. The van der Waals surface area contributed by atoms with Crippen molar-refractivity contribution >= 4 is 16.8 Å². The predicted octanol–water partition coefficient (Wildman–Crippen LogP) is 2.24. The molecular formula is C13H16N2O. The lowest BCUT2D eigenvalue weighted by atomic mass is 10.1. The van der Waals surface area contributed by atoms with E-state index in [4.69, 9.17) is 0 Å². The highest BCUT2D eigenvalue weighted by molar-refractivity contribution is 5.83. The van der Waals surface area contributed by atoms with Gasteiger partial charge in [-0.1, -0.05) is 19.1 Å². The van der Waals surface area contributed by atoms with E-state index in [9.17, 15) is 4.79 Å². The van der Waals surface area contributed by atoms with Crippen LogP contribution >= 0.6 is 0 Å². The summed E-state index contributed by atoms with van der Waals surface area (Å²) in [7, 11) is 0. The number of aromatic nitrogens is 1. The first-order valence-electron chi connectivity index (χ1n) is 5.63. The van der Waals surface area contributed by atoms with Crippen LogP contribution in [0.1, 0.15) is 18.9 Å². The van der Waals surface area contributed by atoms with Crippen molar-refractivity contribution < 1.29 is 4.79 Å². The van der Waals surface area contributed by atoms with E-state index in [1.165, 1.54) is 10.9 Å². The topological polar surface area (TPSA) is 44.9 Å². The number of nitrogens with one attached hydrogen (secondary N) is 2. The summed E-state index contributed by atoms with van der Waals surface area (Å²) in [5.41, 5.74) is 2.43. The molecule has 0 bridgehead atoms. The maximum absolute atomic E-state index is 11.1. The lowest BCUT2D eigenvalue weighted by molar-refractivity contribution is -0.120. The van der Waals surface area contributed by atoms with Gasteiger partial charge in [0.2, 0.25) is 5.91 Å². The van der Waals surface area contributed by atoms with Crippen LogP contribution in [0.15, 0.2) is 30.5 Å². The van der Waals surface area contributed by atoms with Crippen molar-refractivity contribution in [3.8, 4) is 0 Å². The number of fused-ring (bicyclic) bond motifs is 1. The van der Waals surface area contributed by atoms with Crippen LogP contribution in [0, 0.1) is 0 Å². The average molecular weight is 216 g/mol. The standard InChI is InChI=1S/C13H16N2O/c1-2-13(16)15-8-6-10-4-3-5-12-11(10)7-9-14-12/h3-5,7,9,14H,2,6,8H2,1H3,(H,15,16). The zero-order valence-corrected chi connectivity index (χ0v) is 9.42. The fraction of sp³-hybridized carbons (Fsp3) is 0.308. The molecule has 0 spiro atoms. The van der Waals surface area contributed by atoms with E-state index in [-0.39, 0.29) is 5.91 Å². The number of H-pyrrole nitrogens is 1. The number of carbonyl (C=O) groups is 1.